The number of carbonyl (C=O) groups excluding carboxylic acids is 1. The van der Waals surface area contributed by atoms with Crippen LogP contribution in [-0.2, 0) is 17.9 Å². The van der Waals surface area contributed by atoms with Gasteiger partial charge in [-0.25, -0.2) is 9.78 Å². The molecule has 6 nitrogen and oxygen atoms in total. The molecule has 0 radical (unpaired) electrons. The van der Waals surface area contributed by atoms with E-state index in [9.17, 15) is 9.59 Å². The van der Waals surface area contributed by atoms with Crippen LogP contribution in [0.25, 0.3) is 0 Å². The van der Waals surface area contributed by atoms with Gasteiger partial charge in [0.25, 0.3) is 0 Å². The Balaban J connectivity index is 2.11. The van der Waals surface area contributed by atoms with Gasteiger partial charge in [0, 0.05) is 19.5 Å². The first kappa shape index (κ1) is 12.6. The largest absolute Gasteiger partial charge is 0.476 e. The molecule has 1 N–H and O–H groups in total. The standard InChI is InChI=1S/C12H17N3O3/c1-2-3-4-10(16)14-5-6-15-8-13-11(12(17)18)9(15)7-14/h8H,2-7H2,1H3,(H,17,18). The van der Waals surface area contributed by atoms with Crippen molar-refractivity contribution in [3.8, 4) is 0 Å². The number of carboxylic acid groups (broad SMARTS) is 1. The van der Waals surface area contributed by atoms with Crippen LogP contribution >= 0.6 is 0 Å². The van der Waals surface area contributed by atoms with Crippen LogP contribution in [0.15, 0.2) is 6.33 Å². The lowest BCUT2D eigenvalue weighted by Gasteiger charge is -2.28. The van der Waals surface area contributed by atoms with E-state index in [-0.39, 0.29) is 11.6 Å². The van der Waals surface area contributed by atoms with Gasteiger partial charge in [-0.15, -0.1) is 0 Å². The summed E-state index contributed by atoms with van der Waals surface area (Å²) >= 11 is 0. The van der Waals surface area contributed by atoms with Crippen molar-refractivity contribution in [2.24, 2.45) is 0 Å². The number of carbonyl (C=O) groups is 2. The Morgan fingerprint density at radius 1 is 1.44 bits per heavy atom. The number of rotatable bonds is 4. The minimum absolute atomic E-state index is 0.0583. The Morgan fingerprint density at radius 3 is 2.89 bits per heavy atom. The monoisotopic (exact) mass is 251 g/mol. The van der Waals surface area contributed by atoms with Crippen LogP contribution < -0.4 is 0 Å². The zero-order chi connectivity index (χ0) is 13.1. The van der Waals surface area contributed by atoms with Crippen molar-refractivity contribution in [2.75, 3.05) is 6.54 Å². The van der Waals surface area contributed by atoms with Crippen LogP contribution in [0.5, 0.6) is 0 Å². The maximum atomic E-state index is 11.9. The normalized spacial score (nSPS) is 14.4. The van der Waals surface area contributed by atoms with Gasteiger partial charge in [-0.2, -0.15) is 0 Å². The van der Waals surface area contributed by atoms with Gasteiger partial charge in [0.2, 0.25) is 5.91 Å². The Hall–Kier alpha value is -1.85. The lowest BCUT2D eigenvalue weighted by molar-refractivity contribution is -0.132. The predicted octanol–water partition coefficient (Wildman–Crippen LogP) is 1.11. The number of unbranched alkanes of at least 4 members (excludes halogenated alkanes) is 1. The van der Waals surface area contributed by atoms with E-state index in [1.807, 2.05) is 11.5 Å². The van der Waals surface area contributed by atoms with Gasteiger partial charge in [-0.1, -0.05) is 13.3 Å². The Bertz CT molecular complexity index is 467. The highest BCUT2D eigenvalue weighted by atomic mass is 16.4. The van der Waals surface area contributed by atoms with Gasteiger partial charge in [-0.05, 0) is 6.42 Å². The highest BCUT2D eigenvalue weighted by Gasteiger charge is 2.25. The van der Waals surface area contributed by atoms with Crippen LogP contribution in [0.3, 0.4) is 0 Å². The maximum Gasteiger partial charge on any atom is 0.356 e. The number of aromatic carboxylic acids is 1. The second-order valence-electron chi connectivity index (χ2n) is 4.46. The van der Waals surface area contributed by atoms with Crippen molar-refractivity contribution in [3.63, 3.8) is 0 Å². The number of amides is 1. The SMILES string of the molecule is CCCCC(=O)N1CCn2cnc(C(=O)O)c2C1. The fourth-order valence-corrected chi connectivity index (χ4v) is 2.13. The van der Waals surface area contributed by atoms with E-state index in [1.165, 1.54) is 6.33 Å². The molecule has 0 atom stereocenters. The number of hydrogen-bond donors (Lipinski definition) is 1. The Kier molecular flexibility index (Phi) is 3.64. The number of hydrogen-bond acceptors (Lipinski definition) is 3. The predicted molar refractivity (Wildman–Crippen MR) is 64.1 cm³/mol. The van der Waals surface area contributed by atoms with Crippen molar-refractivity contribution in [3.05, 3.63) is 17.7 Å². The van der Waals surface area contributed by atoms with E-state index in [1.54, 1.807) is 4.90 Å². The maximum absolute atomic E-state index is 11.9. The van der Waals surface area contributed by atoms with Gasteiger partial charge in [0.15, 0.2) is 5.69 Å². The summed E-state index contributed by atoms with van der Waals surface area (Å²) in [7, 11) is 0. The molecule has 1 aromatic rings. The van der Waals surface area contributed by atoms with E-state index in [0.717, 1.165) is 12.8 Å². The molecular formula is C12H17N3O3. The molecule has 1 aliphatic heterocycles. The van der Waals surface area contributed by atoms with Crippen molar-refractivity contribution in [2.45, 2.75) is 39.3 Å². The van der Waals surface area contributed by atoms with E-state index < -0.39 is 5.97 Å². The average Bonchev–Trinajstić information content (AvgIpc) is 2.78. The summed E-state index contributed by atoms with van der Waals surface area (Å²) < 4.78 is 1.81. The molecule has 0 saturated carbocycles. The third-order valence-corrected chi connectivity index (χ3v) is 3.20. The summed E-state index contributed by atoms with van der Waals surface area (Å²) in [6.07, 6.45) is 3.93. The summed E-state index contributed by atoms with van der Waals surface area (Å²) in [5.74, 6) is -0.938. The van der Waals surface area contributed by atoms with Gasteiger partial charge in [0.1, 0.15) is 0 Å². The van der Waals surface area contributed by atoms with Crippen molar-refractivity contribution < 1.29 is 14.7 Å². The second kappa shape index (κ2) is 5.20. The zero-order valence-electron chi connectivity index (χ0n) is 10.4. The fraction of sp³-hybridized carbons (Fsp3) is 0.583. The first-order valence-electron chi connectivity index (χ1n) is 6.18. The summed E-state index contributed by atoms with van der Waals surface area (Å²) in [6, 6.07) is 0. The Labute approximate surface area is 105 Å². The van der Waals surface area contributed by atoms with Crippen molar-refractivity contribution in [1.82, 2.24) is 14.5 Å². The van der Waals surface area contributed by atoms with Gasteiger partial charge < -0.3 is 14.6 Å². The summed E-state index contributed by atoms with van der Waals surface area (Å²) in [5, 5.41) is 9.02. The van der Waals surface area contributed by atoms with Crippen LogP contribution in [0.2, 0.25) is 0 Å². The average molecular weight is 251 g/mol. The molecule has 0 unspecified atom stereocenters. The molecule has 1 aromatic heterocycles. The lowest BCUT2D eigenvalue weighted by atomic mass is 10.2. The fourth-order valence-electron chi connectivity index (χ4n) is 2.13. The molecule has 1 aliphatic rings. The second-order valence-corrected chi connectivity index (χ2v) is 4.46. The van der Waals surface area contributed by atoms with Crippen molar-refractivity contribution in [1.29, 1.82) is 0 Å². The summed E-state index contributed by atoms with van der Waals surface area (Å²) in [4.78, 5) is 28.5. The lowest BCUT2D eigenvalue weighted by Crippen LogP contribution is -2.38. The van der Waals surface area contributed by atoms with E-state index in [2.05, 4.69) is 4.98 Å². The van der Waals surface area contributed by atoms with Crippen LogP contribution in [0.4, 0.5) is 0 Å². The van der Waals surface area contributed by atoms with Gasteiger partial charge in [-0.3, -0.25) is 4.79 Å². The molecule has 2 heterocycles. The summed E-state index contributed by atoms with van der Waals surface area (Å²) in [6.45, 7) is 3.64. The summed E-state index contributed by atoms with van der Waals surface area (Å²) in [5.41, 5.74) is 0.682. The molecule has 6 heteroatoms. The van der Waals surface area contributed by atoms with Crippen LogP contribution in [0.1, 0.15) is 42.4 Å². The molecule has 98 valence electrons. The first-order valence-corrected chi connectivity index (χ1v) is 6.18. The number of imidazole rings is 1. The van der Waals surface area contributed by atoms with Gasteiger partial charge in [0.05, 0.1) is 18.6 Å². The van der Waals surface area contributed by atoms with E-state index >= 15 is 0 Å². The molecule has 0 spiro atoms. The minimum atomic E-state index is -1.04. The molecule has 0 aliphatic carbocycles. The zero-order valence-corrected chi connectivity index (χ0v) is 10.4. The number of carboxylic acids is 1. The minimum Gasteiger partial charge on any atom is -0.476 e. The highest BCUT2D eigenvalue weighted by Crippen LogP contribution is 2.17. The van der Waals surface area contributed by atoms with E-state index in [4.69, 9.17) is 5.11 Å². The Morgan fingerprint density at radius 2 is 2.22 bits per heavy atom. The van der Waals surface area contributed by atoms with E-state index in [0.29, 0.717) is 31.7 Å². The third-order valence-electron chi connectivity index (χ3n) is 3.20. The molecule has 2 rings (SSSR count). The quantitative estimate of drug-likeness (QED) is 0.869. The molecular weight excluding hydrogens is 234 g/mol. The van der Waals surface area contributed by atoms with Crippen molar-refractivity contribution >= 4 is 11.9 Å². The molecule has 0 saturated heterocycles. The molecule has 0 aromatic carbocycles. The molecule has 0 bridgehead atoms. The number of fused-ring (bicyclic) bond motifs is 1. The van der Waals surface area contributed by atoms with Crippen LogP contribution in [0, 0.1) is 0 Å². The highest BCUT2D eigenvalue weighted by molar-refractivity contribution is 5.87. The molecule has 0 fully saturated rings. The number of nitrogens with zero attached hydrogens (tertiary/aromatic N) is 3. The van der Waals surface area contributed by atoms with Crippen LogP contribution in [-0.4, -0.2) is 38.0 Å². The molecule has 18 heavy (non-hydrogen) atoms. The molecule has 1 amide bonds. The van der Waals surface area contributed by atoms with Gasteiger partial charge >= 0.3 is 5.97 Å². The first-order chi connectivity index (χ1) is 8.63. The smallest absolute Gasteiger partial charge is 0.356 e. The topological polar surface area (TPSA) is 75.4 Å². The third kappa shape index (κ3) is 2.37. The number of aromatic nitrogens is 2.